The maximum atomic E-state index is 12.2. The molecule has 1 atom stereocenters. The number of anilines is 2. The van der Waals surface area contributed by atoms with E-state index in [1.54, 1.807) is 17.1 Å². The summed E-state index contributed by atoms with van der Waals surface area (Å²) in [5, 5.41) is 10.2. The molecule has 18 heavy (non-hydrogen) atoms. The van der Waals surface area contributed by atoms with Gasteiger partial charge in [-0.2, -0.15) is 5.10 Å². The van der Waals surface area contributed by atoms with Crippen LogP contribution in [0.5, 0.6) is 0 Å². The SMILES string of the molecule is Cn1cc(NC(=O)C2CNc3ccccc32)cn1. The summed E-state index contributed by atoms with van der Waals surface area (Å²) in [5.41, 5.74) is 2.83. The van der Waals surface area contributed by atoms with Gasteiger partial charge in [0.2, 0.25) is 5.91 Å². The molecule has 2 aromatic rings. The van der Waals surface area contributed by atoms with Crippen molar-refractivity contribution in [2.24, 2.45) is 7.05 Å². The third-order valence-corrected chi connectivity index (χ3v) is 3.12. The van der Waals surface area contributed by atoms with E-state index < -0.39 is 0 Å². The number of carbonyl (C=O) groups excluding carboxylic acids is 1. The second-order valence-electron chi connectivity index (χ2n) is 4.41. The van der Waals surface area contributed by atoms with Gasteiger partial charge in [0.15, 0.2) is 0 Å². The highest BCUT2D eigenvalue weighted by Crippen LogP contribution is 2.31. The van der Waals surface area contributed by atoms with Crippen molar-refractivity contribution in [3.05, 3.63) is 42.2 Å². The molecular weight excluding hydrogens is 228 g/mol. The Balaban J connectivity index is 1.78. The van der Waals surface area contributed by atoms with Gasteiger partial charge in [-0.1, -0.05) is 18.2 Å². The molecule has 1 aliphatic heterocycles. The van der Waals surface area contributed by atoms with Gasteiger partial charge in [-0.25, -0.2) is 0 Å². The van der Waals surface area contributed by atoms with Crippen LogP contribution in [0.3, 0.4) is 0 Å². The molecule has 2 heterocycles. The number of amides is 1. The predicted octanol–water partition coefficient (Wildman–Crippen LogP) is 1.57. The molecule has 0 spiro atoms. The molecule has 5 heteroatoms. The number of benzene rings is 1. The van der Waals surface area contributed by atoms with Crippen LogP contribution < -0.4 is 10.6 Å². The molecule has 0 saturated carbocycles. The number of aryl methyl sites for hydroxylation is 1. The minimum absolute atomic E-state index is 0.000417. The molecule has 1 aliphatic rings. The highest BCUT2D eigenvalue weighted by atomic mass is 16.1. The second kappa shape index (κ2) is 4.18. The first kappa shape index (κ1) is 10.8. The van der Waals surface area contributed by atoms with Crippen LogP contribution in [0.15, 0.2) is 36.7 Å². The van der Waals surface area contributed by atoms with Crippen molar-refractivity contribution in [2.45, 2.75) is 5.92 Å². The van der Waals surface area contributed by atoms with Gasteiger partial charge in [-0.15, -0.1) is 0 Å². The molecule has 0 radical (unpaired) electrons. The maximum Gasteiger partial charge on any atom is 0.233 e. The van der Waals surface area contributed by atoms with Crippen LogP contribution in [0.1, 0.15) is 11.5 Å². The number of nitrogens with zero attached hydrogens (tertiary/aromatic N) is 2. The van der Waals surface area contributed by atoms with E-state index >= 15 is 0 Å². The average Bonchev–Trinajstić information content (AvgIpc) is 2.95. The number of hydrogen-bond acceptors (Lipinski definition) is 3. The van der Waals surface area contributed by atoms with E-state index in [0.29, 0.717) is 6.54 Å². The van der Waals surface area contributed by atoms with Crippen molar-refractivity contribution in [1.29, 1.82) is 0 Å². The van der Waals surface area contributed by atoms with Gasteiger partial charge >= 0.3 is 0 Å². The van der Waals surface area contributed by atoms with Crippen molar-refractivity contribution in [1.82, 2.24) is 9.78 Å². The summed E-state index contributed by atoms with van der Waals surface area (Å²) in [6, 6.07) is 7.90. The first-order valence-corrected chi connectivity index (χ1v) is 5.86. The van der Waals surface area contributed by atoms with E-state index in [1.807, 2.05) is 31.3 Å². The molecule has 0 saturated heterocycles. The zero-order chi connectivity index (χ0) is 12.5. The van der Waals surface area contributed by atoms with Gasteiger partial charge < -0.3 is 10.6 Å². The van der Waals surface area contributed by atoms with Gasteiger partial charge in [-0.3, -0.25) is 9.48 Å². The first-order chi connectivity index (χ1) is 8.74. The zero-order valence-electron chi connectivity index (χ0n) is 10.1. The number of hydrogen-bond donors (Lipinski definition) is 2. The molecule has 1 aromatic carbocycles. The van der Waals surface area contributed by atoms with Gasteiger partial charge in [-0.05, 0) is 11.6 Å². The Morgan fingerprint density at radius 1 is 1.50 bits per heavy atom. The fourth-order valence-electron chi connectivity index (χ4n) is 2.23. The summed E-state index contributed by atoms with van der Waals surface area (Å²) in [5.74, 6) is -0.137. The first-order valence-electron chi connectivity index (χ1n) is 5.86. The molecule has 0 fully saturated rings. The monoisotopic (exact) mass is 242 g/mol. The Kier molecular flexibility index (Phi) is 2.51. The van der Waals surface area contributed by atoms with E-state index in [0.717, 1.165) is 16.9 Å². The zero-order valence-corrected chi connectivity index (χ0v) is 10.1. The van der Waals surface area contributed by atoms with Crippen molar-refractivity contribution < 1.29 is 4.79 Å². The summed E-state index contributed by atoms with van der Waals surface area (Å²) in [6.45, 7) is 0.644. The fourth-order valence-corrected chi connectivity index (χ4v) is 2.23. The van der Waals surface area contributed by atoms with Crippen LogP contribution in [0.4, 0.5) is 11.4 Å². The summed E-state index contributed by atoms with van der Waals surface area (Å²) in [4.78, 5) is 12.2. The third-order valence-electron chi connectivity index (χ3n) is 3.12. The Bertz CT molecular complexity index is 590. The lowest BCUT2D eigenvalue weighted by atomic mass is 10.0. The molecule has 1 unspecified atom stereocenters. The molecule has 0 bridgehead atoms. The standard InChI is InChI=1S/C13H14N4O/c1-17-8-9(6-15-17)16-13(18)11-7-14-12-5-3-2-4-10(11)12/h2-6,8,11,14H,7H2,1H3,(H,16,18). The highest BCUT2D eigenvalue weighted by molar-refractivity contribution is 5.98. The second-order valence-corrected chi connectivity index (χ2v) is 4.41. The van der Waals surface area contributed by atoms with Gasteiger partial charge in [0.25, 0.3) is 0 Å². The van der Waals surface area contributed by atoms with Gasteiger partial charge in [0.1, 0.15) is 0 Å². The molecule has 2 N–H and O–H groups in total. The number of aromatic nitrogens is 2. The van der Waals surface area contributed by atoms with E-state index in [-0.39, 0.29) is 11.8 Å². The largest absolute Gasteiger partial charge is 0.384 e. The summed E-state index contributed by atoms with van der Waals surface area (Å²) < 4.78 is 1.66. The smallest absolute Gasteiger partial charge is 0.233 e. The lowest BCUT2D eigenvalue weighted by molar-refractivity contribution is -0.117. The van der Waals surface area contributed by atoms with Crippen LogP contribution in [-0.2, 0) is 11.8 Å². The van der Waals surface area contributed by atoms with E-state index in [2.05, 4.69) is 15.7 Å². The van der Waals surface area contributed by atoms with Crippen molar-refractivity contribution >= 4 is 17.3 Å². The lowest BCUT2D eigenvalue weighted by Gasteiger charge is -2.09. The van der Waals surface area contributed by atoms with Gasteiger partial charge in [0, 0.05) is 25.5 Å². The third kappa shape index (κ3) is 1.84. The summed E-state index contributed by atoms with van der Waals surface area (Å²) in [6.07, 6.45) is 3.43. The normalized spacial score (nSPS) is 17.1. The Morgan fingerprint density at radius 2 is 2.33 bits per heavy atom. The molecule has 3 rings (SSSR count). The van der Waals surface area contributed by atoms with Crippen molar-refractivity contribution in [2.75, 3.05) is 17.2 Å². The number of rotatable bonds is 2. The predicted molar refractivity (Wildman–Crippen MR) is 69.5 cm³/mol. The average molecular weight is 242 g/mol. The molecule has 0 aliphatic carbocycles. The summed E-state index contributed by atoms with van der Waals surface area (Å²) >= 11 is 0. The molecule has 1 aromatic heterocycles. The minimum atomic E-state index is -0.138. The lowest BCUT2D eigenvalue weighted by Crippen LogP contribution is -2.22. The number of fused-ring (bicyclic) bond motifs is 1. The molecular formula is C13H14N4O. The number of para-hydroxylation sites is 1. The summed E-state index contributed by atoms with van der Waals surface area (Å²) in [7, 11) is 1.82. The van der Waals surface area contributed by atoms with Gasteiger partial charge in [0.05, 0.1) is 17.8 Å². The van der Waals surface area contributed by atoms with E-state index in [1.165, 1.54) is 0 Å². The van der Waals surface area contributed by atoms with Crippen molar-refractivity contribution in [3.63, 3.8) is 0 Å². The molecule has 1 amide bonds. The van der Waals surface area contributed by atoms with E-state index in [4.69, 9.17) is 0 Å². The van der Waals surface area contributed by atoms with Crippen LogP contribution in [-0.4, -0.2) is 22.2 Å². The Hall–Kier alpha value is -2.30. The number of nitrogens with one attached hydrogen (secondary N) is 2. The van der Waals surface area contributed by atoms with Crippen LogP contribution in [0, 0.1) is 0 Å². The minimum Gasteiger partial charge on any atom is -0.384 e. The number of carbonyl (C=O) groups is 1. The topological polar surface area (TPSA) is 59.0 Å². The van der Waals surface area contributed by atoms with E-state index in [9.17, 15) is 4.79 Å². The van der Waals surface area contributed by atoms with Crippen LogP contribution >= 0.6 is 0 Å². The quantitative estimate of drug-likeness (QED) is 0.840. The van der Waals surface area contributed by atoms with Crippen LogP contribution in [0.2, 0.25) is 0 Å². The van der Waals surface area contributed by atoms with Crippen LogP contribution in [0.25, 0.3) is 0 Å². The van der Waals surface area contributed by atoms with Crippen molar-refractivity contribution in [3.8, 4) is 0 Å². The maximum absolute atomic E-state index is 12.2. The molecule has 5 nitrogen and oxygen atoms in total. The molecule has 92 valence electrons. The fraction of sp³-hybridized carbons (Fsp3) is 0.231. The Morgan fingerprint density at radius 3 is 3.11 bits per heavy atom. The highest BCUT2D eigenvalue weighted by Gasteiger charge is 2.28. The Labute approximate surface area is 105 Å².